The van der Waals surface area contributed by atoms with Crippen LogP contribution in [0, 0.1) is 0 Å². The zero-order valence-corrected chi connectivity index (χ0v) is 30.9. The fourth-order valence-corrected chi connectivity index (χ4v) is 6.34. The van der Waals surface area contributed by atoms with Crippen molar-refractivity contribution in [2.45, 2.75) is 231 Å². The smallest absolute Gasteiger partial charge is 0.307 e. The topological polar surface area (TPSA) is 133 Å². The molecule has 0 saturated carbocycles. The number of nitrogens with zero attached hydrogens (tertiary/aromatic N) is 3. The highest BCUT2D eigenvalue weighted by Crippen LogP contribution is 2.26. The van der Waals surface area contributed by atoms with Crippen molar-refractivity contribution in [3.8, 4) is 0 Å². The average molecular weight is 666 g/mol. The van der Waals surface area contributed by atoms with Crippen LogP contribution in [-0.4, -0.2) is 40.4 Å². The van der Waals surface area contributed by atoms with E-state index in [1.165, 1.54) is 141 Å². The van der Waals surface area contributed by atoms with Crippen LogP contribution < -0.4 is 0 Å². The van der Waals surface area contributed by atoms with Crippen LogP contribution in [0.2, 0.25) is 0 Å². The van der Waals surface area contributed by atoms with E-state index >= 15 is 0 Å². The molecule has 0 aromatic carbocycles. The number of hydrogen-bond donors (Lipinski definition) is 2. The molecule has 0 fully saturated rings. The zero-order valence-electron chi connectivity index (χ0n) is 30.9. The maximum absolute atomic E-state index is 13.1. The fourth-order valence-electron chi connectivity index (χ4n) is 6.34. The van der Waals surface area contributed by atoms with Crippen LogP contribution in [0.4, 0.5) is 0 Å². The standard InChI is InChI=1S/C39H75N3O5/c1-3-5-7-9-11-13-15-17-19-21-23-25-27-29-31-33-36(44)39(41-42-40,37(45)35-43)47-38(46)34-32-30-28-26-24-22-20-18-16-14-12-10-8-6-4-2/h37,43,45H,3-35H2,1-2H3. The molecule has 0 rings (SSSR count). The van der Waals surface area contributed by atoms with Gasteiger partial charge in [-0.2, -0.15) is 0 Å². The highest BCUT2D eigenvalue weighted by Gasteiger charge is 2.47. The zero-order chi connectivity index (χ0) is 34.7. The van der Waals surface area contributed by atoms with Gasteiger partial charge in [0, 0.05) is 17.8 Å². The third-order valence-corrected chi connectivity index (χ3v) is 9.48. The van der Waals surface area contributed by atoms with E-state index in [0.29, 0.717) is 12.8 Å². The quantitative estimate of drug-likeness (QED) is 0.0224. The number of Topliss-reactive ketones (excluding diaryl/α,β-unsaturated/α-hetero) is 1. The predicted molar refractivity (Wildman–Crippen MR) is 195 cm³/mol. The molecule has 8 heteroatoms. The summed E-state index contributed by atoms with van der Waals surface area (Å²) in [6.45, 7) is 3.65. The molecule has 2 N–H and O–H groups in total. The molecule has 276 valence electrons. The van der Waals surface area contributed by atoms with Gasteiger partial charge < -0.3 is 14.9 Å². The third kappa shape index (κ3) is 26.0. The first-order valence-electron chi connectivity index (χ1n) is 20.1. The van der Waals surface area contributed by atoms with Gasteiger partial charge in [0.05, 0.1) is 6.61 Å². The van der Waals surface area contributed by atoms with Crippen molar-refractivity contribution >= 4 is 11.8 Å². The van der Waals surface area contributed by atoms with Crippen molar-refractivity contribution in [2.24, 2.45) is 5.11 Å². The Morgan fingerprint density at radius 3 is 1.17 bits per heavy atom. The summed E-state index contributed by atoms with van der Waals surface area (Å²) in [4.78, 5) is 28.5. The lowest BCUT2D eigenvalue weighted by Crippen LogP contribution is -2.52. The van der Waals surface area contributed by atoms with E-state index in [-0.39, 0.29) is 12.8 Å². The van der Waals surface area contributed by atoms with Crippen LogP contribution in [0.15, 0.2) is 5.11 Å². The number of hydrogen-bond acceptors (Lipinski definition) is 6. The summed E-state index contributed by atoms with van der Waals surface area (Å²) in [7, 11) is 0. The summed E-state index contributed by atoms with van der Waals surface area (Å²) >= 11 is 0. The SMILES string of the molecule is CCCCCCCCCCCCCCCCCC(=O)OC(N=[N+]=[N-])(C(=O)CCCCCCCCCCCCCCCCC)C(O)CO. The van der Waals surface area contributed by atoms with Crippen molar-refractivity contribution in [1.29, 1.82) is 0 Å². The van der Waals surface area contributed by atoms with Crippen molar-refractivity contribution in [3.05, 3.63) is 10.4 Å². The fraction of sp³-hybridized carbons (Fsp3) is 0.949. The van der Waals surface area contributed by atoms with Crippen molar-refractivity contribution in [3.63, 3.8) is 0 Å². The lowest BCUT2D eigenvalue weighted by Gasteiger charge is -2.31. The van der Waals surface area contributed by atoms with Crippen LogP contribution in [0.1, 0.15) is 219 Å². The Morgan fingerprint density at radius 2 is 0.872 bits per heavy atom. The molecule has 0 radical (unpaired) electrons. The molecule has 47 heavy (non-hydrogen) atoms. The van der Waals surface area contributed by atoms with Crippen molar-refractivity contribution in [2.75, 3.05) is 6.61 Å². The number of rotatable bonds is 37. The number of esters is 1. The van der Waals surface area contributed by atoms with Gasteiger partial charge in [0.25, 0.3) is 5.72 Å². The molecule has 0 amide bonds. The molecule has 2 unspecified atom stereocenters. The molecule has 2 atom stereocenters. The van der Waals surface area contributed by atoms with Gasteiger partial charge in [-0.05, 0) is 23.5 Å². The van der Waals surface area contributed by atoms with Gasteiger partial charge in [-0.3, -0.25) is 9.59 Å². The molecule has 0 bridgehead atoms. The molecule has 0 saturated heterocycles. The number of unbranched alkanes of at least 4 members (excludes halogenated alkanes) is 28. The number of carbonyl (C=O) groups is 2. The molecule has 0 aliphatic rings. The Bertz CT molecular complexity index is 774. The summed E-state index contributed by atoms with van der Waals surface area (Å²) < 4.78 is 5.37. The van der Waals surface area contributed by atoms with Gasteiger partial charge in [-0.25, -0.2) is 0 Å². The highest BCUT2D eigenvalue weighted by molar-refractivity contribution is 5.90. The van der Waals surface area contributed by atoms with Crippen LogP contribution in [-0.2, 0) is 14.3 Å². The van der Waals surface area contributed by atoms with Gasteiger partial charge in [-0.15, -0.1) is 0 Å². The maximum Gasteiger partial charge on any atom is 0.307 e. The molecule has 0 aliphatic carbocycles. The minimum absolute atomic E-state index is 0.0145. The molecular weight excluding hydrogens is 590 g/mol. The lowest BCUT2D eigenvalue weighted by atomic mass is 9.96. The number of aliphatic hydroxyl groups excluding tert-OH is 2. The van der Waals surface area contributed by atoms with Crippen LogP contribution >= 0.6 is 0 Å². The molecule has 0 aromatic rings. The minimum atomic E-state index is -2.41. The largest absolute Gasteiger partial charge is 0.442 e. The number of ketones is 1. The molecule has 0 aromatic heterocycles. The molecule has 0 heterocycles. The number of azide groups is 1. The van der Waals surface area contributed by atoms with Crippen molar-refractivity contribution < 1.29 is 24.5 Å². The number of ether oxygens (including phenoxy) is 1. The van der Waals surface area contributed by atoms with E-state index in [0.717, 1.165) is 38.5 Å². The highest BCUT2D eigenvalue weighted by atomic mass is 16.6. The summed E-state index contributed by atoms with van der Waals surface area (Å²) in [6, 6.07) is 0. The Morgan fingerprint density at radius 1 is 0.574 bits per heavy atom. The number of carbonyl (C=O) groups excluding carboxylic acids is 2. The van der Waals surface area contributed by atoms with Crippen LogP contribution in [0.5, 0.6) is 0 Å². The van der Waals surface area contributed by atoms with Gasteiger partial charge in [-0.1, -0.05) is 194 Å². The second-order valence-electron chi connectivity index (χ2n) is 13.9. The Labute approximate surface area is 289 Å². The van der Waals surface area contributed by atoms with E-state index in [2.05, 4.69) is 23.9 Å². The van der Waals surface area contributed by atoms with Crippen LogP contribution in [0.3, 0.4) is 0 Å². The Hall–Kier alpha value is -1.63. The Kier molecular flexibility index (Phi) is 33.1. The first kappa shape index (κ1) is 45.4. The van der Waals surface area contributed by atoms with Crippen molar-refractivity contribution in [1.82, 2.24) is 0 Å². The monoisotopic (exact) mass is 666 g/mol. The normalized spacial score (nSPS) is 13.2. The van der Waals surface area contributed by atoms with Gasteiger partial charge in [0.2, 0.25) is 0 Å². The van der Waals surface area contributed by atoms with E-state index < -0.39 is 30.2 Å². The summed E-state index contributed by atoms with van der Waals surface area (Å²) in [6.07, 6.45) is 34.5. The summed E-state index contributed by atoms with van der Waals surface area (Å²) in [5.41, 5.74) is 6.74. The van der Waals surface area contributed by atoms with E-state index in [1.807, 2.05) is 0 Å². The van der Waals surface area contributed by atoms with Gasteiger partial charge in [0.15, 0.2) is 5.78 Å². The number of aliphatic hydroxyl groups is 2. The second kappa shape index (κ2) is 34.2. The first-order chi connectivity index (χ1) is 23.0. The minimum Gasteiger partial charge on any atom is -0.442 e. The van der Waals surface area contributed by atoms with E-state index in [1.54, 1.807) is 0 Å². The second-order valence-corrected chi connectivity index (χ2v) is 13.9. The maximum atomic E-state index is 13.1. The molecule has 0 aliphatic heterocycles. The molecule has 0 spiro atoms. The third-order valence-electron chi connectivity index (χ3n) is 9.48. The molecular formula is C39H75N3O5. The molecule has 8 nitrogen and oxygen atoms in total. The summed E-state index contributed by atoms with van der Waals surface area (Å²) in [5, 5.41) is 23.5. The van der Waals surface area contributed by atoms with Gasteiger partial charge in [0.1, 0.15) is 6.10 Å². The lowest BCUT2D eigenvalue weighted by molar-refractivity contribution is -0.183. The first-order valence-corrected chi connectivity index (χ1v) is 20.1. The predicted octanol–water partition coefficient (Wildman–Crippen LogP) is 12.0. The van der Waals surface area contributed by atoms with E-state index in [9.17, 15) is 19.8 Å². The Balaban J connectivity index is 4.15. The average Bonchev–Trinajstić information content (AvgIpc) is 3.07. The summed E-state index contributed by atoms with van der Waals surface area (Å²) in [5.74, 6) is -1.35. The van der Waals surface area contributed by atoms with E-state index in [4.69, 9.17) is 10.3 Å². The van der Waals surface area contributed by atoms with Crippen LogP contribution in [0.25, 0.3) is 10.4 Å². The van der Waals surface area contributed by atoms with Gasteiger partial charge >= 0.3 is 5.97 Å².